The van der Waals surface area contributed by atoms with Crippen LogP contribution in [0.2, 0.25) is 0 Å². The van der Waals surface area contributed by atoms with Gasteiger partial charge in [-0.15, -0.1) is 0 Å². The maximum Gasteiger partial charge on any atom is 0.255 e. The maximum atomic E-state index is 13.1. The summed E-state index contributed by atoms with van der Waals surface area (Å²) in [4.78, 5) is 13.1. The van der Waals surface area contributed by atoms with Crippen molar-refractivity contribution < 1.29 is 13.2 Å². The highest BCUT2D eigenvalue weighted by Gasteiger charge is 2.23. The molecule has 4 aromatic rings. The monoisotopic (exact) mass is 512 g/mol. The Kier molecular flexibility index (Phi) is 6.78. The number of rotatable bonds is 8. The molecule has 5 rings (SSSR count). The summed E-state index contributed by atoms with van der Waals surface area (Å²) in [5.41, 5.74) is 7.60. The van der Waals surface area contributed by atoms with Crippen LogP contribution in [0, 0.1) is 0 Å². The van der Waals surface area contributed by atoms with Gasteiger partial charge in [-0.1, -0.05) is 68.4 Å². The molecule has 1 aliphatic carbocycles. The molecular formula is C31H32N2O3S. The smallest absolute Gasteiger partial charge is 0.255 e. The van der Waals surface area contributed by atoms with Crippen LogP contribution in [0.15, 0.2) is 72.8 Å². The largest absolute Gasteiger partial charge is 0.321 e. The lowest BCUT2D eigenvalue weighted by Gasteiger charge is -2.27. The van der Waals surface area contributed by atoms with Gasteiger partial charge in [0.05, 0.1) is 18.5 Å². The Hall–Kier alpha value is -3.64. The fourth-order valence-electron chi connectivity index (χ4n) is 5.38. The van der Waals surface area contributed by atoms with Crippen LogP contribution in [0.1, 0.15) is 52.0 Å². The van der Waals surface area contributed by atoms with Crippen molar-refractivity contribution in [2.24, 2.45) is 0 Å². The number of hydrogen-bond acceptors (Lipinski definition) is 3. The van der Waals surface area contributed by atoms with Crippen LogP contribution in [0.5, 0.6) is 0 Å². The van der Waals surface area contributed by atoms with Crippen LogP contribution in [0.25, 0.3) is 10.8 Å². The fourth-order valence-corrected chi connectivity index (χ4v) is 6.32. The van der Waals surface area contributed by atoms with E-state index in [1.807, 2.05) is 56.3 Å². The SMILES string of the molecule is CCc1cccc(CC)c1N(Cc1ccc(C(=O)Nc2ccc3c4c(cccc24)CC3)cc1)S(C)(=O)=O. The Morgan fingerprint density at radius 2 is 1.46 bits per heavy atom. The minimum absolute atomic E-state index is 0.185. The van der Waals surface area contributed by atoms with Gasteiger partial charge in [0.25, 0.3) is 5.91 Å². The normalized spacial score (nSPS) is 12.6. The maximum absolute atomic E-state index is 13.1. The molecule has 0 aliphatic heterocycles. The molecule has 0 spiro atoms. The number of sulfonamides is 1. The fraction of sp³-hybridized carbons (Fsp3) is 0.258. The van der Waals surface area contributed by atoms with Gasteiger partial charge in [0, 0.05) is 16.6 Å². The second-order valence-electron chi connectivity index (χ2n) is 9.66. The third-order valence-corrected chi connectivity index (χ3v) is 8.39. The van der Waals surface area contributed by atoms with Gasteiger partial charge < -0.3 is 5.32 Å². The molecule has 6 heteroatoms. The van der Waals surface area contributed by atoms with E-state index in [0.29, 0.717) is 5.56 Å². The summed E-state index contributed by atoms with van der Waals surface area (Å²) < 4.78 is 27.2. The van der Waals surface area contributed by atoms with Gasteiger partial charge in [-0.25, -0.2) is 8.42 Å². The first-order chi connectivity index (χ1) is 17.8. The molecule has 0 heterocycles. The van der Waals surface area contributed by atoms with Crippen LogP contribution in [0.4, 0.5) is 11.4 Å². The molecule has 190 valence electrons. The van der Waals surface area contributed by atoms with E-state index in [1.54, 1.807) is 12.1 Å². The first kappa shape index (κ1) is 25.0. The zero-order chi connectivity index (χ0) is 26.2. The number of amides is 1. The predicted molar refractivity (Wildman–Crippen MR) is 152 cm³/mol. The molecule has 5 nitrogen and oxygen atoms in total. The summed E-state index contributed by atoms with van der Waals surface area (Å²) in [5.74, 6) is -0.185. The van der Waals surface area contributed by atoms with Crippen LogP contribution in [0.3, 0.4) is 0 Å². The van der Waals surface area contributed by atoms with Crippen molar-refractivity contribution in [2.75, 3.05) is 15.9 Å². The van der Waals surface area contributed by atoms with Gasteiger partial charge in [0.15, 0.2) is 0 Å². The van der Waals surface area contributed by atoms with Gasteiger partial charge in [-0.3, -0.25) is 9.10 Å². The molecule has 0 bridgehead atoms. The standard InChI is InChI=1S/C31H32N2O3S/c1-4-22-8-6-9-23(5-2)30(22)33(37(3,35)36)20-21-12-14-26(15-13-21)31(34)32-28-19-18-25-17-16-24-10-7-11-27(28)29(24)25/h6-15,18-19H,4-5,16-17,20H2,1-3H3,(H,32,34). The third kappa shape index (κ3) is 4.86. The van der Waals surface area contributed by atoms with Gasteiger partial charge in [-0.05, 0) is 77.1 Å². The van der Waals surface area contributed by atoms with E-state index in [0.717, 1.165) is 59.1 Å². The number of anilines is 2. The van der Waals surface area contributed by atoms with E-state index >= 15 is 0 Å². The lowest BCUT2D eigenvalue weighted by molar-refractivity contribution is 0.102. The Bertz CT molecular complexity index is 1560. The van der Waals surface area contributed by atoms with Gasteiger partial charge in [-0.2, -0.15) is 0 Å². The Morgan fingerprint density at radius 3 is 2.08 bits per heavy atom. The Labute approximate surface area is 219 Å². The summed E-state index contributed by atoms with van der Waals surface area (Å²) in [6.07, 6.45) is 4.81. The van der Waals surface area contributed by atoms with Gasteiger partial charge >= 0.3 is 0 Å². The quantitative estimate of drug-likeness (QED) is 0.302. The zero-order valence-electron chi connectivity index (χ0n) is 21.5. The van der Waals surface area contributed by atoms with E-state index in [2.05, 4.69) is 23.5 Å². The zero-order valence-corrected chi connectivity index (χ0v) is 22.4. The first-order valence-electron chi connectivity index (χ1n) is 12.8. The van der Waals surface area contributed by atoms with E-state index < -0.39 is 10.0 Å². The lowest BCUT2D eigenvalue weighted by atomic mass is 10.0. The van der Waals surface area contributed by atoms with Crippen molar-refractivity contribution in [1.29, 1.82) is 0 Å². The average Bonchev–Trinajstić information content (AvgIpc) is 3.32. The molecule has 0 saturated heterocycles. The van der Waals surface area contributed by atoms with Crippen molar-refractivity contribution in [3.8, 4) is 0 Å². The highest BCUT2D eigenvalue weighted by Crippen LogP contribution is 2.35. The number of para-hydroxylation sites is 1. The van der Waals surface area contributed by atoms with Gasteiger partial charge in [0.1, 0.15) is 0 Å². The summed E-state index contributed by atoms with van der Waals surface area (Å²) >= 11 is 0. The molecule has 37 heavy (non-hydrogen) atoms. The molecule has 4 aromatic carbocycles. The number of aryl methyl sites for hydroxylation is 4. The van der Waals surface area contributed by atoms with Crippen molar-refractivity contribution >= 4 is 38.1 Å². The van der Waals surface area contributed by atoms with Gasteiger partial charge in [0.2, 0.25) is 10.0 Å². The third-order valence-electron chi connectivity index (χ3n) is 7.28. The number of nitrogens with zero attached hydrogens (tertiary/aromatic N) is 1. The van der Waals surface area contributed by atoms with Crippen molar-refractivity contribution in [3.05, 3.63) is 106 Å². The molecule has 1 aliphatic rings. The van der Waals surface area contributed by atoms with Crippen molar-refractivity contribution in [1.82, 2.24) is 0 Å². The molecule has 1 amide bonds. The van der Waals surface area contributed by atoms with Crippen LogP contribution < -0.4 is 9.62 Å². The van der Waals surface area contributed by atoms with E-state index in [4.69, 9.17) is 0 Å². The molecular weight excluding hydrogens is 480 g/mol. The molecule has 0 aromatic heterocycles. The van der Waals surface area contributed by atoms with E-state index in [-0.39, 0.29) is 12.5 Å². The lowest BCUT2D eigenvalue weighted by Crippen LogP contribution is -2.31. The number of benzene rings is 4. The molecule has 1 N–H and O–H groups in total. The summed E-state index contributed by atoms with van der Waals surface area (Å²) in [7, 11) is -3.52. The minimum atomic E-state index is -3.52. The second kappa shape index (κ2) is 10.0. The number of nitrogens with one attached hydrogen (secondary N) is 1. The topological polar surface area (TPSA) is 66.5 Å². The van der Waals surface area contributed by atoms with Crippen molar-refractivity contribution in [2.45, 2.75) is 46.1 Å². The highest BCUT2D eigenvalue weighted by molar-refractivity contribution is 7.92. The van der Waals surface area contributed by atoms with Crippen LogP contribution in [-0.4, -0.2) is 20.6 Å². The summed E-state index contributed by atoms with van der Waals surface area (Å²) in [5, 5.41) is 5.41. The number of carbonyl (C=O) groups excluding carboxylic acids is 1. The predicted octanol–water partition coefficient (Wildman–Crippen LogP) is 6.28. The summed E-state index contributed by atoms with van der Waals surface area (Å²) in [6, 6.07) is 23.5. The van der Waals surface area contributed by atoms with Crippen LogP contribution >= 0.6 is 0 Å². The molecule has 0 radical (unpaired) electrons. The molecule has 0 fully saturated rings. The molecule has 0 atom stereocenters. The molecule has 0 saturated carbocycles. The minimum Gasteiger partial charge on any atom is -0.321 e. The number of carbonyl (C=O) groups is 1. The van der Waals surface area contributed by atoms with E-state index in [1.165, 1.54) is 27.1 Å². The molecule has 0 unspecified atom stereocenters. The van der Waals surface area contributed by atoms with E-state index in [9.17, 15) is 13.2 Å². The van der Waals surface area contributed by atoms with Crippen LogP contribution in [-0.2, 0) is 42.3 Å². The summed E-state index contributed by atoms with van der Waals surface area (Å²) in [6.45, 7) is 4.28. The van der Waals surface area contributed by atoms with Crippen molar-refractivity contribution in [3.63, 3.8) is 0 Å². The Morgan fingerprint density at radius 1 is 0.838 bits per heavy atom. The second-order valence-corrected chi connectivity index (χ2v) is 11.6. The first-order valence-corrected chi connectivity index (χ1v) is 14.7. The Balaban J connectivity index is 1.39. The number of hydrogen-bond donors (Lipinski definition) is 1. The highest BCUT2D eigenvalue weighted by atomic mass is 32.2. The average molecular weight is 513 g/mol.